The molecule has 3 aromatic rings. The molecule has 3 rings (SSSR count). The van der Waals surface area contributed by atoms with Gasteiger partial charge < -0.3 is 15.5 Å². The number of H-pyrrole nitrogens is 1. The number of hydrogen-bond donors (Lipinski definition) is 2. The van der Waals surface area contributed by atoms with Gasteiger partial charge in [0.25, 0.3) is 0 Å². The van der Waals surface area contributed by atoms with Crippen LogP contribution in [0.15, 0.2) is 59.6 Å². The number of nitrogens with zero attached hydrogens (tertiary/aromatic N) is 2. The van der Waals surface area contributed by atoms with Gasteiger partial charge in [-0.15, -0.1) is 0 Å². The van der Waals surface area contributed by atoms with Crippen LogP contribution in [-0.2, 0) is 0 Å². The van der Waals surface area contributed by atoms with E-state index in [2.05, 4.69) is 15.0 Å². The van der Waals surface area contributed by atoms with Gasteiger partial charge in [-0.05, 0) is 17.7 Å². The van der Waals surface area contributed by atoms with Gasteiger partial charge in [0, 0.05) is 11.8 Å². The quantitative estimate of drug-likeness (QED) is 0.723. The van der Waals surface area contributed by atoms with Crippen LogP contribution in [-0.4, -0.2) is 23.3 Å². The molecule has 0 saturated carbocycles. The van der Waals surface area contributed by atoms with Crippen molar-refractivity contribution < 1.29 is 4.74 Å². The SMILES string of the molecule is COc1cccc(-c2nc(N)[nH]c2N=Cc2ccccc2)c1. The summed E-state index contributed by atoms with van der Waals surface area (Å²) in [7, 11) is 1.63. The summed E-state index contributed by atoms with van der Waals surface area (Å²) in [6, 6.07) is 17.5. The molecule has 1 heterocycles. The Hall–Kier alpha value is -3.08. The Bertz CT molecular complexity index is 793. The normalized spacial score (nSPS) is 11.0. The summed E-state index contributed by atoms with van der Waals surface area (Å²) in [5.74, 6) is 1.71. The van der Waals surface area contributed by atoms with Crippen molar-refractivity contribution in [2.45, 2.75) is 0 Å². The fourth-order valence-corrected chi connectivity index (χ4v) is 2.13. The first kappa shape index (κ1) is 13.9. The second-order valence-electron chi connectivity index (χ2n) is 4.72. The van der Waals surface area contributed by atoms with Gasteiger partial charge >= 0.3 is 0 Å². The topological polar surface area (TPSA) is 76.3 Å². The molecule has 0 aliphatic heterocycles. The fourth-order valence-electron chi connectivity index (χ4n) is 2.13. The highest BCUT2D eigenvalue weighted by Gasteiger charge is 2.10. The van der Waals surface area contributed by atoms with E-state index in [1.54, 1.807) is 13.3 Å². The number of nitrogens with two attached hydrogens (primary N) is 1. The second kappa shape index (κ2) is 6.13. The predicted octanol–water partition coefficient (Wildman–Crippen LogP) is 3.42. The van der Waals surface area contributed by atoms with E-state index in [0.29, 0.717) is 17.5 Å². The number of methoxy groups -OCH3 is 1. The van der Waals surface area contributed by atoms with E-state index in [-0.39, 0.29) is 0 Å². The monoisotopic (exact) mass is 292 g/mol. The molecule has 0 radical (unpaired) electrons. The zero-order valence-corrected chi connectivity index (χ0v) is 12.2. The number of nitrogens with one attached hydrogen (secondary N) is 1. The third kappa shape index (κ3) is 2.98. The minimum Gasteiger partial charge on any atom is -0.497 e. The molecule has 0 bridgehead atoms. The largest absolute Gasteiger partial charge is 0.497 e. The van der Waals surface area contributed by atoms with Crippen LogP contribution in [0.3, 0.4) is 0 Å². The van der Waals surface area contributed by atoms with Gasteiger partial charge in [0.05, 0.1) is 7.11 Å². The van der Waals surface area contributed by atoms with Gasteiger partial charge in [0.1, 0.15) is 11.4 Å². The van der Waals surface area contributed by atoms with Crippen molar-refractivity contribution in [2.75, 3.05) is 12.8 Å². The number of rotatable bonds is 4. The van der Waals surface area contributed by atoms with Crippen molar-refractivity contribution in [3.63, 3.8) is 0 Å². The first-order chi connectivity index (χ1) is 10.8. The second-order valence-corrected chi connectivity index (χ2v) is 4.72. The molecule has 0 saturated heterocycles. The van der Waals surface area contributed by atoms with E-state index in [9.17, 15) is 0 Å². The molecule has 0 fully saturated rings. The number of nitrogen functional groups attached to an aromatic ring is 1. The molecule has 5 heteroatoms. The van der Waals surface area contributed by atoms with E-state index < -0.39 is 0 Å². The lowest BCUT2D eigenvalue weighted by atomic mass is 10.1. The van der Waals surface area contributed by atoms with Crippen LogP contribution in [0.1, 0.15) is 5.56 Å². The molecule has 0 amide bonds. The number of hydrogen-bond acceptors (Lipinski definition) is 4. The van der Waals surface area contributed by atoms with E-state index in [1.807, 2.05) is 54.6 Å². The maximum absolute atomic E-state index is 5.78. The fraction of sp³-hybridized carbons (Fsp3) is 0.0588. The molecule has 0 unspecified atom stereocenters. The Kier molecular flexibility index (Phi) is 3.87. The smallest absolute Gasteiger partial charge is 0.199 e. The Morgan fingerprint density at radius 2 is 1.95 bits per heavy atom. The van der Waals surface area contributed by atoms with E-state index in [1.165, 1.54) is 0 Å². The third-order valence-electron chi connectivity index (χ3n) is 3.19. The van der Waals surface area contributed by atoms with Crippen LogP contribution in [0.4, 0.5) is 11.8 Å². The number of aromatic amines is 1. The zero-order valence-electron chi connectivity index (χ0n) is 12.2. The zero-order chi connectivity index (χ0) is 15.4. The molecule has 110 valence electrons. The van der Waals surface area contributed by atoms with Crippen molar-refractivity contribution >= 4 is 18.0 Å². The van der Waals surface area contributed by atoms with Crippen molar-refractivity contribution in [3.8, 4) is 17.0 Å². The van der Waals surface area contributed by atoms with Crippen molar-refractivity contribution in [2.24, 2.45) is 4.99 Å². The van der Waals surface area contributed by atoms with Gasteiger partial charge in [0.15, 0.2) is 11.8 Å². The number of aliphatic imine (C=N–C) groups is 1. The minimum absolute atomic E-state index is 0.332. The minimum atomic E-state index is 0.332. The van der Waals surface area contributed by atoms with E-state index in [0.717, 1.165) is 16.9 Å². The van der Waals surface area contributed by atoms with Crippen LogP contribution in [0, 0.1) is 0 Å². The average Bonchev–Trinajstić information content (AvgIpc) is 2.95. The Morgan fingerprint density at radius 3 is 2.73 bits per heavy atom. The highest BCUT2D eigenvalue weighted by molar-refractivity contribution is 5.84. The van der Waals surface area contributed by atoms with E-state index >= 15 is 0 Å². The standard InChI is InChI=1S/C17H16N4O/c1-22-14-9-5-8-13(10-14)15-16(21-17(18)20-15)19-11-12-6-3-2-4-7-12/h2-11H,1H3,(H3,18,20,21). The summed E-state index contributed by atoms with van der Waals surface area (Å²) in [5, 5.41) is 0. The highest BCUT2D eigenvalue weighted by Crippen LogP contribution is 2.30. The number of aromatic nitrogens is 2. The van der Waals surface area contributed by atoms with Gasteiger partial charge in [-0.3, -0.25) is 0 Å². The van der Waals surface area contributed by atoms with Gasteiger partial charge in [-0.1, -0.05) is 42.5 Å². The molecule has 0 aliphatic rings. The summed E-state index contributed by atoms with van der Waals surface area (Å²) in [6.45, 7) is 0. The number of ether oxygens (including phenoxy) is 1. The lowest BCUT2D eigenvalue weighted by Crippen LogP contribution is -1.86. The average molecular weight is 292 g/mol. The molecular formula is C17H16N4O. The number of imidazole rings is 1. The first-order valence-corrected chi connectivity index (χ1v) is 6.85. The number of anilines is 1. The molecule has 5 nitrogen and oxygen atoms in total. The van der Waals surface area contributed by atoms with Crippen LogP contribution < -0.4 is 10.5 Å². The Labute approximate surface area is 128 Å². The third-order valence-corrected chi connectivity index (χ3v) is 3.19. The summed E-state index contributed by atoms with van der Waals surface area (Å²) < 4.78 is 5.24. The molecule has 0 aliphatic carbocycles. The van der Waals surface area contributed by atoms with Gasteiger partial charge in [-0.25, -0.2) is 9.98 Å². The maximum Gasteiger partial charge on any atom is 0.199 e. The molecular weight excluding hydrogens is 276 g/mol. The van der Waals surface area contributed by atoms with Crippen molar-refractivity contribution in [3.05, 3.63) is 60.2 Å². The van der Waals surface area contributed by atoms with Gasteiger partial charge in [0.2, 0.25) is 0 Å². The molecule has 2 aromatic carbocycles. The molecule has 3 N–H and O–H groups in total. The maximum atomic E-state index is 5.78. The van der Waals surface area contributed by atoms with Crippen LogP contribution >= 0.6 is 0 Å². The summed E-state index contributed by atoms with van der Waals surface area (Å²) in [6.07, 6.45) is 1.77. The summed E-state index contributed by atoms with van der Waals surface area (Å²) in [5.41, 5.74) is 8.38. The molecule has 1 aromatic heterocycles. The summed E-state index contributed by atoms with van der Waals surface area (Å²) in [4.78, 5) is 11.8. The summed E-state index contributed by atoms with van der Waals surface area (Å²) >= 11 is 0. The molecule has 0 spiro atoms. The predicted molar refractivity (Wildman–Crippen MR) is 88.7 cm³/mol. The van der Waals surface area contributed by atoms with Crippen LogP contribution in [0.5, 0.6) is 5.75 Å². The lowest BCUT2D eigenvalue weighted by Gasteiger charge is -2.02. The Morgan fingerprint density at radius 1 is 1.14 bits per heavy atom. The Balaban J connectivity index is 1.97. The van der Waals surface area contributed by atoms with Crippen molar-refractivity contribution in [1.82, 2.24) is 9.97 Å². The highest BCUT2D eigenvalue weighted by atomic mass is 16.5. The molecule has 0 atom stereocenters. The first-order valence-electron chi connectivity index (χ1n) is 6.85. The molecule has 22 heavy (non-hydrogen) atoms. The van der Waals surface area contributed by atoms with Crippen LogP contribution in [0.25, 0.3) is 11.3 Å². The van der Waals surface area contributed by atoms with Gasteiger partial charge in [-0.2, -0.15) is 0 Å². The van der Waals surface area contributed by atoms with Crippen LogP contribution in [0.2, 0.25) is 0 Å². The van der Waals surface area contributed by atoms with Crippen molar-refractivity contribution in [1.29, 1.82) is 0 Å². The van der Waals surface area contributed by atoms with E-state index in [4.69, 9.17) is 10.5 Å². The lowest BCUT2D eigenvalue weighted by molar-refractivity contribution is 0.415. The number of benzene rings is 2.